The van der Waals surface area contributed by atoms with Crippen LogP contribution in [-0.4, -0.2) is 0 Å². The second-order valence-electron chi connectivity index (χ2n) is 4.75. The smallest absolute Gasteiger partial charge is 0.205 e. The summed E-state index contributed by atoms with van der Waals surface area (Å²) in [7, 11) is 0. The molecule has 90 valence electrons. The van der Waals surface area contributed by atoms with Crippen LogP contribution in [0.2, 0.25) is 0 Å². The minimum Gasteiger partial charge on any atom is -0.205 e. The van der Waals surface area contributed by atoms with Crippen LogP contribution >= 0.6 is 0 Å². The van der Waals surface area contributed by atoms with Gasteiger partial charge in [-0.25, -0.2) is 17.6 Å². The number of hydrogen-bond acceptors (Lipinski definition) is 0. The molecular weight excluding hydrogens is 220 g/mol. The van der Waals surface area contributed by atoms with Gasteiger partial charge in [-0.15, -0.1) is 0 Å². The Morgan fingerprint density at radius 1 is 0.938 bits per heavy atom. The molecule has 0 fully saturated rings. The zero-order valence-electron chi connectivity index (χ0n) is 9.40. The van der Waals surface area contributed by atoms with Crippen molar-refractivity contribution in [3.05, 3.63) is 35.4 Å². The number of alkyl halides is 4. The molecule has 16 heavy (non-hydrogen) atoms. The summed E-state index contributed by atoms with van der Waals surface area (Å²) in [6.45, 7) is 4.23. The van der Waals surface area contributed by atoms with E-state index in [-0.39, 0.29) is 11.1 Å². The molecule has 0 bridgehead atoms. The predicted octanol–water partition coefficient (Wildman–Crippen LogP) is 4.76. The van der Waals surface area contributed by atoms with Gasteiger partial charge in [0.1, 0.15) is 0 Å². The van der Waals surface area contributed by atoms with E-state index < -0.39 is 17.8 Å². The molecule has 0 atom stereocenters. The van der Waals surface area contributed by atoms with Crippen molar-refractivity contribution in [2.75, 3.05) is 0 Å². The molecule has 0 aliphatic rings. The molecule has 0 radical (unpaired) electrons. The van der Waals surface area contributed by atoms with E-state index in [1.165, 1.54) is 20.8 Å². The van der Waals surface area contributed by atoms with E-state index in [1.54, 1.807) is 0 Å². The van der Waals surface area contributed by atoms with Crippen molar-refractivity contribution in [3.63, 3.8) is 0 Å². The minimum atomic E-state index is -3.03. The van der Waals surface area contributed by atoms with Gasteiger partial charge in [0.15, 0.2) is 0 Å². The Kier molecular flexibility index (Phi) is 3.31. The predicted molar refractivity (Wildman–Crippen MR) is 54.7 cm³/mol. The maximum absolute atomic E-state index is 13.8. The normalized spacial score (nSPS) is 13.2. The zero-order chi connectivity index (χ0) is 12.6. The van der Waals surface area contributed by atoms with Crippen LogP contribution in [0.4, 0.5) is 17.6 Å². The van der Waals surface area contributed by atoms with Gasteiger partial charge < -0.3 is 0 Å². The van der Waals surface area contributed by atoms with Crippen LogP contribution in [0.15, 0.2) is 24.3 Å². The van der Waals surface area contributed by atoms with Gasteiger partial charge in [0.05, 0.1) is 0 Å². The zero-order valence-corrected chi connectivity index (χ0v) is 9.40. The molecule has 4 heteroatoms. The fourth-order valence-electron chi connectivity index (χ4n) is 1.27. The fraction of sp³-hybridized carbons (Fsp3) is 0.500. The Morgan fingerprint density at radius 3 is 1.69 bits per heavy atom. The van der Waals surface area contributed by atoms with Crippen LogP contribution < -0.4 is 0 Å². The summed E-state index contributed by atoms with van der Waals surface area (Å²) in [6, 6.07) is 4.21. The van der Waals surface area contributed by atoms with Crippen molar-refractivity contribution in [1.29, 1.82) is 0 Å². The largest absolute Gasteiger partial charge is 0.277 e. The number of rotatable bonds is 2. The highest BCUT2D eigenvalue weighted by Crippen LogP contribution is 2.44. The highest BCUT2D eigenvalue weighted by molar-refractivity contribution is 5.27. The molecule has 0 unspecified atom stereocenters. The number of halogens is 4. The van der Waals surface area contributed by atoms with E-state index in [2.05, 4.69) is 0 Å². The van der Waals surface area contributed by atoms with Crippen molar-refractivity contribution >= 4 is 0 Å². The average molecular weight is 234 g/mol. The third-order valence-corrected chi connectivity index (χ3v) is 2.47. The van der Waals surface area contributed by atoms with Crippen LogP contribution in [0.1, 0.15) is 38.3 Å². The van der Waals surface area contributed by atoms with E-state index in [4.69, 9.17) is 0 Å². The van der Waals surface area contributed by atoms with E-state index >= 15 is 0 Å². The van der Waals surface area contributed by atoms with Gasteiger partial charge in [-0.2, -0.15) is 0 Å². The Labute approximate surface area is 92.3 Å². The van der Waals surface area contributed by atoms with Crippen molar-refractivity contribution in [2.45, 2.75) is 33.1 Å². The lowest BCUT2D eigenvalue weighted by atomic mass is 9.83. The Bertz CT molecular complexity index is 346. The molecule has 1 aromatic rings. The van der Waals surface area contributed by atoms with Crippen molar-refractivity contribution in [1.82, 2.24) is 0 Å². The van der Waals surface area contributed by atoms with Crippen LogP contribution in [0.3, 0.4) is 0 Å². The summed E-state index contributed by atoms with van der Waals surface area (Å²) in [5, 5.41) is 0. The Hall–Kier alpha value is -1.06. The Morgan fingerprint density at radius 2 is 1.38 bits per heavy atom. The number of benzene rings is 1. The molecule has 1 rings (SSSR count). The minimum absolute atomic E-state index is 0.232. The van der Waals surface area contributed by atoms with Gasteiger partial charge in [0, 0.05) is 16.5 Å². The van der Waals surface area contributed by atoms with E-state index in [0.717, 1.165) is 24.3 Å². The first-order valence-corrected chi connectivity index (χ1v) is 4.92. The quantitative estimate of drug-likeness (QED) is 0.647. The van der Waals surface area contributed by atoms with Gasteiger partial charge in [-0.3, -0.25) is 0 Å². The third kappa shape index (κ3) is 2.36. The lowest BCUT2D eigenvalue weighted by Gasteiger charge is -2.30. The van der Waals surface area contributed by atoms with Crippen LogP contribution in [-0.2, 0) is 5.92 Å². The van der Waals surface area contributed by atoms with Crippen LogP contribution in [0.25, 0.3) is 0 Å². The third-order valence-electron chi connectivity index (χ3n) is 2.47. The molecule has 0 N–H and O–H groups in total. The van der Waals surface area contributed by atoms with E-state index in [1.807, 2.05) is 0 Å². The van der Waals surface area contributed by atoms with Gasteiger partial charge in [-0.05, 0) is 0 Å². The molecular formula is C12H14F4. The standard InChI is InChI=1S/C12H14F4/c1-11(2,3)12(15,16)9-6-4-8(5-7-9)10(13)14/h4-7,10H,1-3H3. The van der Waals surface area contributed by atoms with E-state index in [9.17, 15) is 17.6 Å². The summed E-state index contributed by atoms with van der Waals surface area (Å²) < 4.78 is 52.1. The van der Waals surface area contributed by atoms with E-state index in [0.29, 0.717) is 0 Å². The summed E-state index contributed by atoms with van der Waals surface area (Å²) >= 11 is 0. The maximum atomic E-state index is 13.8. The fourth-order valence-corrected chi connectivity index (χ4v) is 1.27. The molecule has 0 saturated carbocycles. The topological polar surface area (TPSA) is 0 Å². The van der Waals surface area contributed by atoms with Gasteiger partial charge in [-0.1, -0.05) is 45.0 Å². The molecule has 0 aromatic heterocycles. The van der Waals surface area contributed by atoms with Crippen molar-refractivity contribution in [3.8, 4) is 0 Å². The van der Waals surface area contributed by atoms with Crippen molar-refractivity contribution in [2.24, 2.45) is 5.41 Å². The molecule has 0 aliphatic carbocycles. The number of hydrogen-bond donors (Lipinski definition) is 0. The summed E-state index contributed by atoms with van der Waals surface area (Å²) in [5.41, 5.74) is -1.71. The lowest BCUT2D eigenvalue weighted by molar-refractivity contribution is -0.104. The highest BCUT2D eigenvalue weighted by Gasteiger charge is 2.44. The van der Waals surface area contributed by atoms with Crippen molar-refractivity contribution < 1.29 is 17.6 Å². The molecule has 0 aliphatic heterocycles. The van der Waals surface area contributed by atoms with Crippen LogP contribution in [0, 0.1) is 5.41 Å². The SMILES string of the molecule is CC(C)(C)C(F)(F)c1ccc(C(F)F)cc1. The molecule has 0 amide bonds. The molecule has 1 aromatic carbocycles. The summed E-state index contributed by atoms with van der Waals surface area (Å²) in [6.07, 6.45) is -2.63. The first-order valence-electron chi connectivity index (χ1n) is 4.92. The summed E-state index contributed by atoms with van der Waals surface area (Å²) in [4.78, 5) is 0. The maximum Gasteiger partial charge on any atom is 0.277 e. The molecule has 0 spiro atoms. The Balaban J connectivity index is 3.07. The lowest BCUT2D eigenvalue weighted by Crippen LogP contribution is -2.31. The first kappa shape index (κ1) is 13.0. The van der Waals surface area contributed by atoms with Gasteiger partial charge in [0.25, 0.3) is 12.3 Å². The van der Waals surface area contributed by atoms with Crippen LogP contribution in [0.5, 0.6) is 0 Å². The first-order chi connectivity index (χ1) is 7.16. The molecule has 0 nitrogen and oxygen atoms in total. The van der Waals surface area contributed by atoms with Gasteiger partial charge >= 0.3 is 0 Å². The monoisotopic (exact) mass is 234 g/mol. The second-order valence-corrected chi connectivity index (χ2v) is 4.75. The molecule has 0 heterocycles. The molecule has 0 saturated heterocycles. The second kappa shape index (κ2) is 4.07. The summed E-state index contributed by atoms with van der Waals surface area (Å²) in [5.74, 6) is -3.03. The average Bonchev–Trinajstić information content (AvgIpc) is 2.16. The highest BCUT2D eigenvalue weighted by atomic mass is 19.3. The van der Waals surface area contributed by atoms with Gasteiger partial charge in [0.2, 0.25) is 0 Å².